The lowest BCUT2D eigenvalue weighted by molar-refractivity contribution is 0.568. The number of aromatic nitrogens is 6. The molecule has 0 aliphatic heterocycles. The van der Waals surface area contributed by atoms with Gasteiger partial charge in [-0.3, -0.25) is 5.43 Å². The fourth-order valence-electron chi connectivity index (χ4n) is 1.51. The predicted molar refractivity (Wildman–Crippen MR) is 70.1 cm³/mol. The van der Waals surface area contributed by atoms with Crippen LogP contribution in [0.15, 0.2) is 30.3 Å². The molecule has 0 amide bonds. The lowest BCUT2D eigenvalue weighted by atomic mass is 10.2. The molecule has 0 aliphatic rings. The summed E-state index contributed by atoms with van der Waals surface area (Å²) in [5, 5.41) is 21.4. The molecule has 0 aliphatic carbocycles. The first-order valence-electron chi connectivity index (χ1n) is 5.47. The highest BCUT2D eigenvalue weighted by Gasteiger charge is 2.08. The van der Waals surface area contributed by atoms with Crippen LogP contribution in [0, 0.1) is 0 Å². The van der Waals surface area contributed by atoms with Crippen molar-refractivity contribution >= 4 is 16.5 Å². The van der Waals surface area contributed by atoms with Crippen LogP contribution >= 0.6 is 11.3 Å². The minimum atomic E-state index is 0.416. The van der Waals surface area contributed by atoms with Crippen molar-refractivity contribution in [2.45, 2.75) is 6.54 Å². The van der Waals surface area contributed by atoms with Crippen LogP contribution in [0.3, 0.4) is 0 Å². The van der Waals surface area contributed by atoms with E-state index in [0.29, 0.717) is 17.5 Å². The first kappa shape index (κ1) is 11.7. The van der Waals surface area contributed by atoms with Crippen molar-refractivity contribution in [2.24, 2.45) is 5.84 Å². The Morgan fingerprint density at radius 1 is 1.16 bits per heavy atom. The van der Waals surface area contributed by atoms with E-state index in [2.05, 4.69) is 31.0 Å². The Morgan fingerprint density at radius 2 is 2.00 bits per heavy atom. The first-order chi connectivity index (χ1) is 9.35. The van der Waals surface area contributed by atoms with Gasteiger partial charge in [0.1, 0.15) is 11.6 Å². The molecule has 0 atom stereocenters. The van der Waals surface area contributed by atoms with E-state index in [9.17, 15) is 0 Å². The third-order valence-electron chi connectivity index (χ3n) is 2.35. The van der Waals surface area contributed by atoms with Crippen LogP contribution in [0.2, 0.25) is 0 Å². The molecule has 0 saturated carbocycles. The van der Waals surface area contributed by atoms with Crippen molar-refractivity contribution in [2.75, 3.05) is 5.43 Å². The Kier molecular flexibility index (Phi) is 3.12. The number of anilines is 1. The van der Waals surface area contributed by atoms with Crippen molar-refractivity contribution in [3.63, 3.8) is 0 Å². The van der Waals surface area contributed by atoms with Crippen LogP contribution in [0.1, 0.15) is 5.01 Å². The van der Waals surface area contributed by atoms with Crippen molar-refractivity contribution in [1.82, 2.24) is 30.4 Å². The van der Waals surface area contributed by atoms with Gasteiger partial charge in [0.05, 0.1) is 0 Å². The van der Waals surface area contributed by atoms with Gasteiger partial charge in [-0.1, -0.05) is 41.7 Å². The normalized spacial score (nSPS) is 10.6. The van der Waals surface area contributed by atoms with Gasteiger partial charge in [-0.15, -0.1) is 20.4 Å². The summed E-state index contributed by atoms with van der Waals surface area (Å²) < 4.78 is 0. The minimum absolute atomic E-state index is 0.416. The van der Waals surface area contributed by atoms with E-state index < -0.39 is 0 Å². The van der Waals surface area contributed by atoms with Crippen molar-refractivity contribution < 1.29 is 0 Å². The zero-order valence-corrected chi connectivity index (χ0v) is 10.6. The standard InChI is InChI=1S/C10H10N8S/c11-12-10-15-13-8(19-10)6-18-16-9(14-17-18)7-4-2-1-3-5-7/h1-5H,6,11H2,(H,12,15). The second-order valence-electron chi connectivity index (χ2n) is 3.65. The molecule has 3 rings (SSSR count). The van der Waals surface area contributed by atoms with E-state index in [1.54, 1.807) is 0 Å². The lowest BCUT2D eigenvalue weighted by Gasteiger charge is -1.93. The van der Waals surface area contributed by atoms with Gasteiger partial charge in [0, 0.05) is 5.56 Å². The summed E-state index contributed by atoms with van der Waals surface area (Å²) in [4.78, 5) is 1.48. The molecular formula is C10H10N8S. The highest BCUT2D eigenvalue weighted by Crippen LogP contribution is 2.15. The molecule has 8 nitrogen and oxygen atoms in total. The van der Waals surface area contributed by atoms with Gasteiger partial charge < -0.3 is 0 Å². The lowest BCUT2D eigenvalue weighted by Crippen LogP contribution is -2.05. The van der Waals surface area contributed by atoms with Crippen LogP contribution in [0.25, 0.3) is 11.4 Å². The smallest absolute Gasteiger partial charge is 0.219 e. The average molecular weight is 274 g/mol. The summed E-state index contributed by atoms with van der Waals surface area (Å²) in [6.45, 7) is 0.416. The molecule has 0 unspecified atom stereocenters. The Balaban J connectivity index is 1.78. The van der Waals surface area contributed by atoms with Crippen LogP contribution in [-0.4, -0.2) is 30.4 Å². The van der Waals surface area contributed by atoms with Gasteiger partial charge >= 0.3 is 0 Å². The maximum Gasteiger partial charge on any atom is 0.219 e. The second kappa shape index (κ2) is 5.08. The summed E-state index contributed by atoms with van der Waals surface area (Å²) in [6, 6.07) is 9.67. The number of nitrogens with one attached hydrogen (secondary N) is 1. The van der Waals surface area contributed by atoms with Crippen molar-refractivity contribution in [3.8, 4) is 11.4 Å². The first-order valence-corrected chi connectivity index (χ1v) is 6.29. The number of hydrazine groups is 1. The summed E-state index contributed by atoms with van der Waals surface area (Å²) >= 11 is 1.35. The van der Waals surface area contributed by atoms with E-state index in [1.807, 2.05) is 30.3 Å². The quantitative estimate of drug-likeness (QED) is 0.527. The molecule has 9 heteroatoms. The second-order valence-corrected chi connectivity index (χ2v) is 4.72. The third-order valence-corrected chi connectivity index (χ3v) is 3.19. The molecule has 2 heterocycles. The zero-order valence-electron chi connectivity index (χ0n) is 9.76. The Morgan fingerprint density at radius 3 is 2.74 bits per heavy atom. The highest BCUT2D eigenvalue weighted by atomic mass is 32.1. The molecule has 0 saturated heterocycles. The number of tetrazole rings is 1. The molecule has 96 valence electrons. The number of hydrogen-bond donors (Lipinski definition) is 2. The summed E-state index contributed by atoms with van der Waals surface area (Å²) in [6.07, 6.45) is 0. The number of hydrogen-bond acceptors (Lipinski definition) is 8. The molecule has 2 aromatic heterocycles. The molecular weight excluding hydrogens is 264 g/mol. The third kappa shape index (κ3) is 2.56. The molecule has 0 spiro atoms. The minimum Gasteiger partial charge on any atom is -0.298 e. The fourth-order valence-corrected chi connectivity index (χ4v) is 2.14. The molecule has 0 fully saturated rings. The van der Waals surface area contributed by atoms with Gasteiger partial charge in [-0.05, 0) is 5.21 Å². The Hall–Kier alpha value is -2.39. The van der Waals surface area contributed by atoms with Crippen molar-refractivity contribution in [3.05, 3.63) is 35.3 Å². The SMILES string of the molecule is NNc1nnc(Cn2nnc(-c3ccccc3)n2)s1. The summed E-state index contributed by atoms with van der Waals surface area (Å²) in [5.41, 5.74) is 3.37. The van der Waals surface area contributed by atoms with Gasteiger partial charge in [0.2, 0.25) is 11.0 Å². The zero-order chi connectivity index (χ0) is 13.1. The summed E-state index contributed by atoms with van der Waals surface area (Å²) in [5.74, 6) is 5.83. The Bertz CT molecular complexity index is 661. The number of nitrogen functional groups attached to an aromatic ring is 1. The number of rotatable bonds is 4. The van der Waals surface area contributed by atoms with Crippen LogP contribution in [0.5, 0.6) is 0 Å². The number of benzene rings is 1. The summed E-state index contributed by atoms with van der Waals surface area (Å²) in [7, 11) is 0. The van der Waals surface area contributed by atoms with Gasteiger partial charge in [0.25, 0.3) is 0 Å². The largest absolute Gasteiger partial charge is 0.298 e. The van der Waals surface area contributed by atoms with E-state index >= 15 is 0 Å². The van der Waals surface area contributed by atoms with E-state index in [0.717, 1.165) is 10.6 Å². The van der Waals surface area contributed by atoms with E-state index in [1.165, 1.54) is 16.1 Å². The highest BCUT2D eigenvalue weighted by molar-refractivity contribution is 7.15. The van der Waals surface area contributed by atoms with Crippen LogP contribution in [0.4, 0.5) is 5.13 Å². The molecule has 3 N–H and O–H groups in total. The van der Waals surface area contributed by atoms with Crippen LogP contribution < -0.4 is 11.3 Å². The molecule has 19 heavy (non-hydrogen) atoms. The molecule has 1 aromatic carbocycles. The topological polar surface area (TPSA) is 107 Å². The average Bonchev–Trinajstić information content (AvgIpc) is 3.09. The predicted octanol–water partition coefficient (Wildman–Crippen LogP) is 0.525. The van der Waals surface area contributed by atoms with Gasteiger partial charge in [-0.2, -0.15) is 4.80 Å². The van der Waals surface area contributed by atoms with Crippen molar-refractivity contribution in [1.29, 1.82) is 0 Å². The van der Waals surface area contributed by atoms with Gasteiger partial charge in [-0.25, -0.2) is 5.84 Å². The fraction of sp³-hybridized carbons (Fsp3) is 0.100. The van der Waals surface area contributed by atoms with E-state index in [-0.39, 0.29) is 0 Å². The molecule has 0 radical (unpaired) electrons. The Labute approximate surface area is 112 Å². The monoisotopic (exact) mass is 274 g/mol. The van der Waals surface area contributed by atoms with Crippen LogP contribution in [-0.2, 0) is 6.54 Å². The number of nitrogens with two attached hydrogens (primary N) is 1. The number of nitrogens with zero attached hydrogens (tertiary/aromatic N) is 6. The van der Waals surface area contributed by atoms with Gasteiger partial charge in [0.15, 0.2) is 0 Å². The molecule has 3 aromatic rings. The molecule has 0 bridgehead atoms. The van der Waals surface area contributed by atoms with E-state index in [4.69, 9.17) is 5.84 Å². The maximum absolute atomic E-state index is 5.24. The maximum atomic E-state index is 5.24.